The van der Waals surface area contributed by atoms with Crippen molar-refractivity contribution in [2.45, 2.75) is 37.3 Å². The maximum atomic E-state index is 13.8. The summed E-state index contributed by atoms with van der Waals surface area (Å²) in [6.45, 7) is -0.252. The maximum Gasteiger partial charge on any atom is 0.323 e. The Labute approximate surface area is 146 Å². The van der Waals surface area contributed by atoms with Gasteiger partial charge in [-0.1, -0.05) is 12.8 Å². The zero-order chi connectivity index (χ0) is 17.5. The van der Waals surface area contributed by atoms with E-state index in [-0.39, 0.29) is 22.5 Å². The second kappa shape index (κ2) is 6.40. The van der Waals surface area contributed by atoms with Gasteiger partial charge in [-0.25, -0.2) is 8.78 Å². The molecule has 1 amide bonds. The molecule has 130 valence electrons. The number of halogens is 3. The van der Waals surface area contributed by atoms with Crippen LogP contribution in [0.1, 0.15) is 37.3 Å². The molecule has 0 aromatic heterocycles. The van der Waals surface area contributed by atoms with Crippen LogP contribution in [-0.4, -0.2) is 40.5 Å². The zero-order valence-corrected chi connectivity index (χ0v) is 14.4. The molecule has 2 aliphatic rings. The van der Waals surface area contributed by atoms with Gasteiger partial charge in [0.25, 0.3) is 0 Å². The van der Waals surface area contributed by atoms with Crippen LogP contribution in [0.15, 0.2) is 16.6 Å². The number of nitrogens with one attached hydrogen (secondary N) is 1. The van der Waals surface area contributed by atoms with E-state index >= 15 is 0 Å². The van der Waals surface area contributed by atoms with Crippen LogP contribution in [-0.2, 0) is 9.59 Å². The summed E-state index contributed by atoms with van der Waals surface area (Å²) in [5.41, 5.74) is -0.521. The molecule has 2 fully saturated rings. The smallest absolute Gasteiger partial charge is 0.323 e. The highest BCUT2D eigenvalue weighted by Crippen LogP contribution is 2.39. The van der Waals surface area contributed by atoms with Crippen molar-refractivity contribution in [3.05, 3.63) is 33.8 Å². The number of carbonyl (C=O) groups excluding carboxylic acids is 1. The monoisotopic (exact) mass is 402 g/mol. The molecule has 1 spiro atoms. The van der Waals surface area contributed by atoms with Crippen molar-refractivity contribution in [1.82, 2.24) is 10.2 Å². The van der Waals surface area contributed by atoms with E-state index in [1.54, 1.807) is 0 Å². The fourth-order valence-electron chi connectivity index (χ4n) is 3.69. The molecule has 1 saturated heterocycles. The Balaban J connectivity index is 2.01. The molecule has 8 heteroatoms. The van der Waals surface area contributed by atoms with E-state index in [0.29, 0.717) is 12.8 Å². The Bertz CT molecular complexity index is 692. The summed E-state index contributed by atoms with van der Waals surface area (Å²) in [5, 5.41) is 12.4. The zero-order valence-electron chi connectivity index (χ0n) is 12.8. The van der Waals surface area contributed by atoms with Crippen LogP contribution < -0.4 is 5.32 Å². The van der Waals surface area contributed by atoms with Crippen molar-refractivity contribution in [3.63, 3.8) is 0 Å². The van der Waals surface area contributed by atoms with Gasteiger partial charge in [0.15, 0.2) is 0 Å². The van der Waals surface area contributed by atoms with Crippen molar-refractivity contribution in [2.24, 2.45) is 0 Å². The highest BCUT2D eigenvalue weighted by Gasteiger charge is 2.49. The van der Waals surface area contributed by atoms with Gasteiger partial charge in [0.2, 0.25) is 5.91 Å². The number of carboxylic acids is 1. The van der Waals surface area contributed by atoms with Crippen LogP contribution in [0.5, 0.6) is 0 Å². The van der Waals surface area contributed by atoms with E-state index in [0.717, 1.165) is 25.0 Å². The van der Waals surface area contributed by atoms with E-state index in [2.05, 4.69) is 21.2 Å². The fourth-order valence-corrected chi connectivity index (χ4v) is 4.18. The van der Waals surface area contributed by atoms with Crippen LogP contribution in [0.25, 0.3) is 0 Å². The van der Waals surface area contributed by atoms with Crippen molar-refractivity contribution in [3.8, 4) is 0 Å². The highest BCUT2D eigenvalue weighted by atomic mass is 79.9. The summed E-state index contributed by atoms with van der Waals surface area (Å²) in [4.78, 5) is 25.4. The molecule has 24 heavy (non-hydrogen) atoms. The molecule has 1 aromatic rings. The molecule has 0 unspecified atom stereocenters. The number of amides is 1. The summed E-state index contributed by atoms with van der Waals surface area (Å²) >= 11 is 3.08. The Morgan fingerprint density at radius 1 is 1.38 bits per heavy atom. The van der Waals surface area contributed by atoms with Crippen LogP contribution in [0.2, 0.25) is 0 Å². The lowest BCUT2D eigenvalue weighted by molar-refractivity contribution is -0.153. The predicted molar refractivity (Wildman–Crippen MR) is 85.3 cm³/mol. The summed E-state index contributed by atoms with van der Waals surface area (Å²) in [6.07, 6.45) is 3.08. The van der Waals surface area contributed by atoms with Gasteiger partial charge in [-0.05, 0) is 40.4 Å². The Morgan fingerprint density at radius 2 is 2.04 bits per heavy atom. The fraction of sp³-hybridized carbons (Fsp3) is 0.500. The van der Waals surface area contributed by atoms with Gasteiger partial charge in [-0.2, -0.15) is 0 Å². The second-order valence-corrected chi connectivity index (χ2v) is 7.10. The molecule has 0 radical (unpaired) electrons. The topological polar surface area (TPSA) is 69.6 Å². The molecule has 2 N–H and O–H groups in total. The molecule has 1 aliphatic carbocycles. The standard InChI is InChI=1S/C16H17BrF2N2O3/c17-14-10(5-9(18)6-11(14)19)12-7-20-16(3-1-2-4-16)15(24)21(12)8-13(22)23/h5-6,12,20H,1-4,7-8H2,(H,22,23)/t12-/m0/s1. The first kappa shape index (κ1) is 17.3. The van der Waals surface area contributed by atoms with Crippen molar-refractivity contribution >= 4 is 27.8 Å². The number of aliphatic carboxylic acids is 1. The molecular formula is C16H17BrF2N2O3. The molecule has 1 saturated carbocycles. The van der Waals surface area contributed by atoms with Crippen LogP contribution in [0.3, 0.4) is 0 Å². The number of piperazine rings is 1. The molecular weight excluding hydrogens is 386 g/mol. The van der Waals surface area contributed by atoms with Gasteiger partial charge in [-0.15, -0.1) is 0 Å². The Kier molecular flexibility index (Phi) is 4.61. The maximum absolute atomic E-state index is 13.8. The van der Waals surface area contributed by atoms with Gasteiger partial charge in [-0.3, -0.25) is 9.59 Å². The van der Waals surface area contributed by atoms with Crippen LogP contribution in [0, 0.1) is 11.6 Å². The average Bonchev–Trinajstić information content (AvgIpc) is 2.98. The number of hydrogen-bond acceptors (Lipinski definition) is 3. The summed E-state index contributed by atoms with van der Waals surface area (Å²) in [5.74, 6) is -3.02. The Hall–Kier alpha value is -1.54. The summed E-state index contributed by atoms with van der Waals surface area (Å²) < 4.78 is 27.5. The van der Waals surface area contributed by atoms with Gasteiger partial charge in [0, 0.05) is 12.6 Å². The summed E-state index contributed by atoms with van der Waals surface area (Å²) in [7, 11) is 0. The molecule has 1 aromatic carbocycles. The number of hydrogen-bond donors (Lipinski definition) is 2. The molecule has 1 atom stereocenters. The minimum atomic E-state index is -1.16. The largest absolute Gasteiger partial charge is 0.480 e. The number of rotatable bonds is 3. The SMILES string of the molecule is O=C(O)CN1C(=O)C2(CCCC2)NC[C@H]1c1cc(F)cc(F)c1Br. The van der Waals surface area contributed by atoms with Gasteiger partial charge >= 0.3 is 5.97 Å². The molecule has 1 aliphatic heterocycles. The number of carboxylic acid groups (broad SMARTS) is 1. The average molecular weight is 403 g/mol. The van der Waals surface area contributed by atoms with Crippen molar-refractivity contribution in [2.75, 3.05) is 13.1 Å². The van der Waals surface area contributed by atoms with Gasteiger partial charge < -0.3 is 15.3 Å². The lowest BCUT2D eigenvalue weighted by atomic mass is 9.89. The lowest BCUT2D eigenvalue weighted by Crippen LogP contribution is -2.64. The van der Waals surface area contributed by atoms with Crippen molar-refractivity contribution < 1.29 is 23.5 Å². The first-order valence-electron chi connectivity index (χ1n) is 7.76. The molecule has 1 heterocycles. The minimum absolute atomic E-state index is 0.0428. The minimum Gasteiger partial charge on any atom is -0.480 e. The van der Waals surface area contributed by atoms with Gasteiger partial charge in [0.05, 0.1) is 16.1 Å². The number of nitrogens with zero attached hydrogens (tertiary/aromatic N) is 1. The third-order valence-corrected chi connectivity index (χ3v) is 5.66. The van der Waals surface area contributed by atoms with E-state index in [9.17, 15) is 23.5 Å². The first-order valence-corrected chi connectivity index (χ1v) is 8.56. The van der Waals surface area contributed by atoms with E-state index in [4.69, 9.17) is 0 Å². The number of carbonyl (C=O) groups is 2. The highest BCUT2D eigenvalue weighted by molar-refractivity contribution is 9.10. The van der Waals surface area contributed by atoms with E-state index < -0.39 is 35.7 Å². The van der Waals surface area contributed by atoms with Gasteiger partial charge in [0.1, 0.15) is 18.2 Å². The molecule has 3 rings (SSSR count). The first-order chi connectivity index (χ1) is 11.3. The third-order valence-electron chi connectivity index (χ3n) is 4.82. The van der Waals surface area contributed by atoms with E-state index in [1.807, 2.05) is 0 Å². The summed E-state index contributed by atoms with van der Waals surface area (Å²) in [6, 6.07) is 1.12. The van der Waals surface area contributed by atoms with Crippen LogP contribution >= 0.6 is 15.9 Å². The Morgan fingerprint density at radius 3 is 2.67 bits per heavy atom. The quantitative estimate of drug-likeness (QED) is 0.762. The lowest BCUT2D eigenvalue weighted by Gasteiger charge is -2.45. The molecule has 5 nitrogen and oxygen atoms in total. The number of benzene rings is 1. The van der Waals surface area contributed by atoms with E-state index in [1.165, 1.54) is 4.90 Å². The van der Waals surface area contributed by atoms with Crippen molar-refractivity contribution in [1.29, 1.82) is 0 Å². The predicted octanol–water partition coefficient (Wildman–Crippen LogP) is 2.60. The third kappa shape index (κ3) is 2.93. The normalized spacial score (nSPS) is 23.0. The van der Waals surface area contributed by atoms with Crippen LogP contribution in [0.4, 0.5) is 8.78 Å². The second-order valence-electron chi connectivity index (χ2n) is 6.30. The molecule has 0 bridgehead atoms.